The Kier molecular flexibility index (Phi) is 4.87. The molecule has 0 spiro atoms. The Bertz CT molecular complexity index is 394. The number of hydrogen-bond donors (Lipinski definition) is 1. The molecule has 1 aromatic rings. The molecule has 2 heteroatoms. The second kappa shape index (κ2) is 6.42. The lowest BCUT2D eigenvalue weighted by molar-refractivity contribution is 0.213. The average Bonchev–Trinajstić information content (AvgIpc) is 2.40. The van der Waals surface area contributed by atoms with Gasteiger partial charge in [-0.25, -0.2) is 0 Å². The highest BCUT2D eigenvalue weighted by Crippen LogP contribution is 2.30. The van der Waals surface area contributed by atoms with Gasteiger partial charge in [0.25, 0.3) is 0 Å². The zero-order valence-corrected chi connectivity index (χ0v) is 12.3. The molecule has 1 saturated carbocycles. The molecule has 1 aromatic carbocycles. The van der Waals surface area contributed by atoms with Crippen molar-refractivity contribution in [3.8, 4) is 5.75 Å². The summed E-state index contributed by atoms with van der Waals surface area (Å²) in [6.07, 6.45) is 7.18. The lowest BCUT2D eigenvalue weighted by atomic mass is 9.80. The maximum Gasteiger partial charge on any atom is 0.122 e. The van der Waals surface area contributed by atoms with E-state index in [4.69, 9.17) is 10.5 Å². The summed E-state index contributed by atoms with van der Waals surface area (Å²) in [5.74, 6) is 1.52. The van der Waals surface area contributed by atoms with Crippen LogP contribution in [0.2, 0.25) is 0 Å². The second-order valence-corrected chi connectivity index (χ2v) is 6.21. The molecule has 19 heavy (non-hydrogen) atoms. The van der Waals surface area contributed by atoms with E-state index in [-0.39, 0.29) is 5.54 Å². The Morgan fingerprint density at radius 1 is 1.16 bits per heavy atom. The quantitative estimate of drug-likeness (QED) is 0.860. The van der Waals surface area contributed by atoms with Gasteiger partial charge in [-0.3, -0.25) is 0 Å². The zero-order chi connectivity index (χ0) is 13.7. The Labute approximate surface area is 117 Å². The molecule has 0 aromatic heterocycles. The van der Waals surface area contributed by atoms with Gasteiger partial charge in [0.2, 0.25) is 0 Å². The van der Waals surface area contributed by atoms with Gasteiger partial charge in [-0.1, -0.05) is 51.3 Å². The first-order valence-electron chi connectivity index (χ1n) is 7.61. The number of rotatable bonds is 5. The Morgan fingerprint density at radius 3 is 2.53 bits per heavy atom. The Morgan fingerprint density at radius 2 is 1.84 bits per heavy atom. The number of nitrogens with two attached hydrogens (primary N) is 1. The van der Waals surface area contributed by atoms with Gasteiger partial charge in [-0.05, 0) is 36.8 Å². The van der Waals surface area contributed by atoms with Crippen LogP contribution >= 0.6 is 0 Å². The van der Waals surface area contributed by atoms with E-state index < -0.39 is 0 Å². The molecule has 2 nitrogen and oxygen atoms in total. The van der Waals surface area contributed by atoms with E-state index >= 15 is 0 Å². The SMILES string of the molecule is CC(C)c1ccccc1OCCC1(N)CCCCC1. The summed E-state index contributed by atoms with van der Waals surface area (Å²) in [5.41, 5.74) is 7.75. The van der Waals surface area contributed by atoms with Crippen LogP contribution in [0.4, 0.5) is 0 Å². The van der Waals surface area contributed by atoms with Crippen molar-refractivity contribution >= 4 is 0 Å². The van der Waals surface area contributed by atoms with Gasteiger partial charge in [0.1, 0.15) is 5.75 Å². The first-order valence-corrected chi connectivity index (χ1v) is 7.61. The molecule has 0 unspecified atom stereocenters. The second-order valence-electron chi connectivity index (χ2n) is 6.21. The van der Waals surface area contributed by atoms with Crippen LogP contribution in [-0.4, -0.2) is 12.1 Å². The van der Waals surface area contributed by atoms with Crippen molar-refractivity contribution < 1.29 is 4.74 Å². The third-order valence-electron chi connectivity index (χ3n) is 4.25. The van der Waals surface area contributed by atoms with E-state index in [2.05, 4.69) is 32.0 Å². The van der Waals surface area contributed by atoms with E-state index in [0.29, 0.717) is 5.92 Å². The number of ether oxygens (including phenoxy) is 1. The minimum Gasteiger partial charge on any atom is -0.493 e. The molecular weight excluding hydrogens is 234 g/mol. The first-order chi connectivity index (χ1) is 9.11. The maximum atomic E-state index is 6.44. The van der Waals surface area contributed by atoms with E-state index in [1.54, 1.807) is 0 Å². The van der Waals surface area contributed by atoms with Crippen molar-refractivity contribution in [2.75, 3.05) is 6.61 Å². The highest BCUT2D eigenvalue weighted by Gasteiger charge is 2.27. The van der Waals surface area contributed by atoms with Gasteiger partial charge in [-0.15, -0.1) is 0 Å². The molecule has 0 aliphatic heterocycles. The van der Waals surface area contributed by atoms with E-state index in [0.717, 1.165) is 31.6 Å². The van der Waals surface area contributed by atoms with Gasteiger partial charge >= 0.3 is 0 Å². The largest absolute Gasteiger partial charge is 0.493 e. The van der Waals surface area contributed by atoms with E-state index in [1.165, 1.54) is 24.8 Å². The summed E-state index contributed by atoms with van der Waals surface area (Å²) in [5, 5.41) is 0. The van der Waals surface area contributed by atoms with Crippen LogP contribution in [0.3, 0.4) is 0 Å². The molecular formula is C17H27NO. The van der Waals surface area contributed by atoms with Gasteiger partial charge < -0.3 is 10.5 Å². The van der Waals surface area contributed by atoms with Crippen LogP contribution in [-0.2, 0) is 0 Å². The van der Waals surface area contributed by atoms with Crippen molar-refractivity contribution in [2.24, 2.45) is 5.73 Å². The van der Waals surface area contributed by atoms with Crippen LogP contribution in [0.5, 0.6) is 5.75 Å². The van der Waals surface area contributed by atoms with E-state index in [9.17, 15) is 0 Å². The van der Waals surface area contributed by atoms with Gasteiger partial charge in [0.05, 0.1) is 6.61 Å². The third-order valence-corrected chi connectivity index (χ3v) is 4.25. The molecule has 2 N–H and O–H groups in total. The summed E-state index contributed by atoms with van der Waals surface area (Å²) < 4.78 is 5.99. The maximum absolute atomic E-state index is 6.44. The minimum atomic E-state index is 0.0189. The fourth-order valence-corrected chi connectivity index (χ4v) is 2.96. The molecule has 0 atom stereocenters. The van der Waals surface area contributed by atoms with Crippen molar-refractivity contribution in [3.05, 3.63) is 29.8 Å². The van der Waals surface area contributed by atoms with Crippen molar-refractivity contribution in [1.29, 1.82) is 0 Å². The van der Waals surface area contributed by atoms with Crippen molar-refractivity contribution in [2.45, 2.75) is 63.8 Å². The number of hydrogen-bond acceptors (Lipinski definition) is 2. The number of benzene rings is 1. The summed E-state index contributed by atoms with van der Waals surface area (Å²) in [6.45, 7) is 5.14. The standard InChI is InChI=1S/C17H27NO/c1-14(2)15-8-4-5-9-16(15)19-13-12-17(18)10-6-3-7-11-17/h4-5,8-9,14H,3,6-7,10-13,18H2,1-2H3. The predicted octanol–water partition coefficient (Wildman–Crippen LogP) is 4.24. The topological polar surface area (TPSA) is 35.2 Å². The molecule has 0 radical (unpaired) electrons. The third kappa shape index (κ3) is 3.97. The normalized spacial score (nSPS) is 18.5. The number of para-hydroxylation sites is 1. The molecule has 0 saturated heterocycles. The molecule has 1 fully saturated rings. The van der Waals surface area contributed by atoms with Gasteiger partial charge in [-0.2, -0.15) is 0 Å². The Hall–Kier alpha value is -1.02. The summed E-state index contributed by atoms with van der Waals surface area (Å²) >= 11 is 0. The fraction of sp³-hybridized carbons (Fsp3) is 0.647. The van der Waals surface area contributed by atoms with Crippen LogP contribution in [0.15, 0.2) is 24.3 Å². The molecule has 0 heterocycles. The van der Waals surface area contributed by atoms with Crippen LogP contribution in [0.25, 0.3) is 0 Å². The van der Waals surface area contributed by atoms with Crippen LogP contribution < -0.4 is 10.5 Å². The fourth-order valence-electron chi connectivity index (χ4n) is 2.96. The molecule has 0 amide bonds. The predicted molar refractivity (Wildman–Crippen MR) is 80.6 cm³/mol. The zero-order valence-electron chi connectivity index (χ0n) is 12.3. The van der Waals surface area contributed by atoms with Crippen molar-refractivity contribution in [1.82, 2.24) is 0 Å². The lowest BCUT2D eigenvalue weighted by Crippen LogP contribution is -2.42. The molecule has 2 rings (SSSR count). The van der Waals surface area contributed by atoms with Gasteiger partial charge in [0.15, 0.2) is 0 Å². The highest BCUT2D eigenvalue weighted by atomic mass is 16.5. The summed E-state index contributed by atoms with van der Waals surface area (Å²) in [6, 6.07) is 8.34. The monoisotopic (exact) mass is 261 g/mol. The van der Waals surface area contributed by atoms with Crippen LogP contribution in [0.1, 0.15) is 63.9 Å². The molecule has 0 bridgehead atoms. The first kappa shape index (κ1) is 14.4. The summed E-state index contributed by atoms with van der Waals surface area (Å²) in [4.78, 5) is 0. The van der Waals surface area contributed by atoms with Crippen LogP contribution in [0, 0.1) is 0 Å². The van der Waals surface area contributed by atoms with Crippen molar-refractivity contribution in [3.63, 3.8) is 0 Å². The molecule has 1 aliphatic carbocycles. The minimum absolute atomic E-state index is 0.0189. The van der Waals surface area contributed by atoms with Gasteiger partial charge in [0, 0.05) is 5.54 Å². The Balaban J connectivity index is 1.88. The van der Waals surface area contributed by atoms with E-state index in [1.807, 2.05) is 6.07 Å². The molecule has 1 aliphatic rings. The lowest BCUT2D eigenvalue weighted by Gasteiger charge is -2.33. The summed E-state index contributed by atoms with van der Waals surface area (Å²) in [7, 11) is 0. The smallest absolute Gasteiger partial charge is 0.122 e. The average molecular weight is 261 g/mol. The molecule has 106 valence electrons. The highest BCUT2D eigenvalue weighted by molar-refractivity contribution is 5.35.